The molecular formula is C36H36O4. The second-order valence-corrected chi connectivity index (χ2v) is 9.96. The van der Waals surface area contributed by atoms with Crippen molar-refractivity contribution in [3.05, 3.63) is 155 Å². The van der Waals surface area contributed by atoms with Gasteiger partial charge in [0.05, 0.1) is 0 Å². The van der Waals surface area contributed by atoms with E-state index in [0.29, 0.717) is 12.8 Å². The lowest BCUT2D eigenvalue weighted by molar-refractivity contribution is 0.448. The van der Waals surface area contributed by atoms with Crippen LogP contribution in [0.5, 0.6) is 23.0 Å². The molecule has 0 fully saturated rings. The zero-order valence-electron chi connectivity index (χ0n) is 22.7. The van der Waals surface area contributed by atoms with Crippen molar-refractivity contribution in [1.29, 1.82) is 0 Å². The Morgan fingerprint density at radius 1 is 0.475 bits per heavy atom. The number of hydrogen-bond acceptors (Lipinski definition) is 4. The summed E-state index contributed by atoms with van der Waals surface area (Å²) in [6.45, 7) is 2.00. The van der Waals surface area contributed by atoms with Gasteiger partial charge < -0.3 is 20.4 Å². The van der Waals surface area contributed by atoms with E-state index < -0.39 is 0 Å². The molecule has 0 saturated carbocycles. The molecule has 0 aliphatic carbocycles. The van der Waals surface area contributed by atoms with Crippen molar-refractivity contribution in [2.24, 2.45) is 0 Å². The van der Waals surface area contributed by atoms with E-state index in [2.05, 4.69) is 24.3 Å². The molecule has 0 saturated heterocycles. The number of aryl methyl sites for hydroxylation is 4. The second kappa shape index (κ2) is 13.9. The Hall–Kier alpha value is -4.70. The molecule has 0 spiro atoms. The number of hydrogen-bond donors (Lipinski definition) is 4. The Morgan fingerprint density at radius 3 is 1.40 bits per heavy atom. The van der Waals surface area contributed by atoms with Gasteiger partial charge in [0, 0.05) is 11.5 Å². The van der Waals surface area contributed by atoms with Crippen molar-refractivity contribution in [1.82, 2.24) is 0 Å². The molecule has 0 aliphatic rings. The van der Waals surface area contributed by atoms with E-state index in [4.69, 9.17) is 0 Å². The summed E-state index contributed by atoms with van der Waals surface area (Å²) in [5.74, 6) is 0.997. The van der Waals surface area contributed by atoms with Crippen LogP contribution in [0.25, 0.3) is 0 Å². The lowest BCUT2D eigenvalue weighted by atomic mass is 9.92. The summed E-state index contributed by atoms with van der Waals surface area (Å²) in [7, 11) is 0. The largest absolute Gasteiger partial charge is 0.508 e. The van der Waals surface area contributed by atoms with Crippen LogP contribution in [-0.2, 0) is 25.7 Å². The summed E-state index contributed by atoms with van der Waals surface area (Å²) in [6.07, 6.45) is 3.11. The first-order valence-corrected chi connectivity index (χ1v) is 13.6. The van der Waals surface area contributed by atoms with E-state index in [1.54, 1.807) is 18.2 Å². The molecule has 5 aromatic carbocycles. The lowest BCUT2D eigenvalue weighted by Crippen LogP contribution is -1.96. The van der Waals surface area contributed by atoms with Gasteiger partial charge in [0.15, 0.2) is 0 Å². The number of rotatable bonds is 8. The zero-order valence-corrected chi connectivity index (χ0v) is 22.7. The maximum atomic E-state index is 10.3. The van der Waals surface area contributed by atoms with Crippen LogP contribution >= 0.6 is 0 Å². The van der Waals surface area contributed by atoms with Crippen LogP contribution in [0.4, 0.5) is 0 Å². The fourth-order valence-electron chi connectivity index (χ4n) is 4.72. The maximum absolute atomic E-state index is 10.3. The van der Waals surface area contributed by atoms with Crippen LogP contribution in [0.1, 0.15) is 46.2 Å². The summed E-state index contributed by atoms with van der Waals surface area (Å²) in [5.41, 5.74) is 5.89. The minimum atomic E-state index is 0.0632. The van der Waals surface area contributed by atoms with Gasteiger partial charge in [0.1, 0.15) is 23.0 Å². The van der Waals surface area contributed by atoms with Crippen molar-refractivity contribution < 1.29 is 20.4 Å². The first-order chi connectivity index (χ1) is 19.4. The first-order valence-electron chi connectivity index (χ1n) is 13.6. The van der Waals surface area contributed by atoms with Crippen molar-refractivity contribution in [2.45, 2.75) is 38.5 Å². The standard InChI is InChI=1S/C22H22O2.C14H14O2/c23-21-16-20(14-12-18-9-5-2-6-10-18)22(24)15-19(21)13-11-17-7-3-1-4-8-17;1-10(11-5-3-2-4-6-11)13-9-12(15)7-8-14(13)16/h1-10,15-16,23-24H,11-14H2;2-10,15-16H,1H3. The molecular weight excluding hydrogens is 496 g/mol. The molecule has 0 amide bonds. The predicted octanol–water partition coefficient (Wildman–Crippen LogP) is 7.92. The average Bonchev–Trinajstić information content (AvgIpc) is 2.99. The van der Waals surface area contributed by atoms with Gasteiger partial charge in [0.2, 0.25) is 0 Å². The molecule has 1 atom stereocenters. The van der Waals surface area contributed by atoms with E-state index in [0.717, 1.165) is 35.1 Å². The number of aromatic hydroxyl groups is 4. The maximum Gasteiger partial charge on any atom is 0.119 e. The van der Waals surface area contributed by atoms with Gasteiger partial charge in [0.25, 0.3) is 0 Å². The summed E-state index contributed by atoms with van der Waals surface area (Å²) < 4.78 is 0. The van der Waals surface area contributed by atoms with Gasteiger partial charge in [-0.05, 0) is 83.8 Å². The predicted molar refractivity (Wildman–Crippen MR) is 161 cm³/mol. The van der Waals surface area contributed by atoms with Gasteiger partial charge in [-0.1, -0.05) is 97.9 Å². The molecule has 0 aliphatic heterocycles. The molecule has 4 nitrogen and oxygen atoms in total. The van der Waals surface area contributed by atoms with Gasteiger partial charge in [-0.15, -0.1) is 0 Å². The molecule has 40 heavy (non-hydrogen) atoms. The molecule has 0 bridgehead atoms. The highest BCUT2D eigenvalue weighted by molar-refractivity contribution is 5.46. The van der Waals surface area contributed by atoms with Crippen molar-refractivity contribution in [3.8, 4) is 23.0 Å². The summed E-state index contributed by atoms with van der Waals surface area (Å²) in [4.78, 5) is 0. The number of benzene rings is 5. The minimum absolute atomic E-state index is 0.0632. The van der Waals surface area contributed by atoms with E-state index in [1.165, 1.54) is 23.3 Å². The summed E-state index contributed by atoms with van der Waals surface area (Å²) in [6, 6.07) is 38.3. The topological polar surface area (TPSA) is 80.9 Å². The Labute approximate surface area is 236 Å². The number of phenols is 4. The van der Waals surface area contributed by atoms with Crippen LogP contribution in [0, 0.1) is 0 Å². The SMILES string of the molecule is CC(c1ccccc1)c1cc(O)ccc1O.Oc1cc(CCc2ccccc2)c(O)cc1CCc1ccccc1. The molecule has 0 aromatic heterocycles. The van der Waals surface area contributed by atoms with Crippen molar-refractivity contribution in [3.63, 3.8) is 0 Å². The van der Waals surface area contributed by atoms with Crippen LogP contribution in [0.2, 0.25) is 0 Å². The lowest BCUT2D eigenvalue weighted by Gasteiger charge is -2.14. The second-order valence-electron chi connectivity index (χ2n) is 9.96. The molecule has 0 heterocycles. The van der Waals surface area contributed by atoms with Gasteiger partial charge in [-0.3, -0.25) is 0 Å². The molecule has 4 N–H and O–H groups in total. The molecule has 1 unspecified atom stereocenters. The third-order valence-corrected chi connectivity index (χ3v) is 7.11. The van der Waals surface area contributed by atoms with Gasteiger partial charge in [-0.2, -0.15) is 0 Å². The normalized spacial score (nSPS) is 11.3. The smallest absolute Gasteiger partial charge is 0.119 e. The van der Waals surface area contributed by atoms with Crippen LogP contribution < -0.4 is 0 Å². The van der Waals surface area contributed by atoms with E-state index in [-0.39, 0.29) is 28.9 Å². The third kappa shape index (κ3) is 7.90. The third-order valence-electron chi connectivity index (χ3n) is 7.11. The number of phenolic OH excluding ortho intramolecular Hbond substituents is 4. The van der Waals surface area contributed by atoms with Gasteiger partial charge >= 0.3 is 0 Å². The molecule has 5 rings (SSSR count). The van der Waals surface area contributed by atoms with Crippen LogP contribution in [0.15, 0.2) is 121 Å². The zero-order chi connectivity index (χ0) is 28.3. The Bertz CT molecular complexity index is 1410. The van der Waals surface area contributed by atoms with Crippen molar-refractivity contribution in [2.75, 3.05) is 0 Å². The van der Waals surface area contributed by atoms with Crippen LogP contribution in [-0.4, -0.2) is 20.4 Å². The minimum Gasteiger partial charge on any atom is -0.508 e. The van der Waals surface area contributed by atoms with Gasteiger partial charge in [-0.25, -0.2) is 0 Å². The summed E-state index contributed by atoms with van der Waals surface area (Å²) >= 11 is 0. The van der Waals surface area contributed by atoms with E-state index in [9.17, 15) is 20.4 Å². The monoisotopic (exact) mass is 532 g/mol. The Morgan fingerprint density at radius 2 is 0.925 bits per heavy atom. The molecule has 4 heteroatoms. The molecule has 0 radical (unpaired) electrons. The molecule has 5 aromatic rings. The van der Waals surface area contributed by atoms with Crippen LogP contribution in [0.3, 0.4) is 0 Å². The first kappa shape index (κ1) is 28.3. The molecule has 204 valence electrons. The van der Waals surface area contributed by atoms with Crippen molar-refractivity contribution >= 4 is 0 Å². The highest BCUT2D eigenvalue weighted by Gasteiger charge is 2.13. The van der Waals surface area contributed by atoms with E-state index in [1.807, 2.05) is 73.7 Å². The average molecular weight is 533 g/mol. The summed E-state index contributed by atoms with van der Waals surface area (Å²) in [5, 5.41) is 39.7. The fourth-order valence-corrected chi connectivity index (χ4v) is 4.72. The van der Waals surface area contributed by atoms with E-state index >= 15 is 0 Å². The fraction of sp³-hybridized carbons (Fsp3) is 0.167. The Kier molecular flexibility index (Phi) is 9.84. The highest BCUT2D eigenvalue weighted by Crippen LogP contribution is 2.33. The Balaban J connectivity index is 0.000000201. The highest BCUT2D eigenvalue weighted by atomic mass is 16.3. The quantitative estimate of drug-likeness (QED) is 0.153.